The number of nitrogens with zero attached hydrogens (tertiary/aromatic N) is 3. The number of hydrogen-bond acceptors (Lipinski definition) is 4. The summed E-state index contributed by atoms with van der Waals surface area (Å²) in [5.74, 6) is -0.491. The Bertz CT molecular complexity index is 605. The largest absolute Gasteiger partial charge is 0.364 e. The van der Waals surface area contributed by atoms with Gasteiger partial charge in [0.25, 0.3) is 5.91 Å². The highest BCUT2D eigenvalue weighted by Gasteiger charge is 2.13. The van der Waals surface area contributed by atoms with Crippen molar-refractivity contribution in [3.8, 4) is 0 Å². The van der Waals surface area contributed by atoms with Gasteiger partial charge in [-0.15, -0.1) is 10.2 Å². The third kappa shape index (κ3) is 3.02. The maximum Gasteiger partial charge on any atom is 0.269 e. The first kappa shape index (κ1) is 12.9. The number of rotatable bonds is 3. The van der Waals surface area contributed by atoms with E-state index >= 15 is 0 Å². The lowest BCUT2D eigenvalue weighted by Crippen LogP contribution is -2.11. The molecule has 0 aliphatic heterocycles. The zero-order valence-electron chi connectivity index (χ0n) is 8.89. The van der Waals surface area contributed by atoms with Crippen LogP contribution >= 0.6 is 31.9 Å². The van der Waals surface area contributed by atoms with Gasteiger partial charge in [0.05, 0.1) is 5.69 Å². The summed E-state index contributed by atoms with van der Waals surface area (Å²) >= 11 is 6.42. The predicted molar refractivity (Wildman–Crippen MR) is 73.1 cm³/mol. The van der Waals surface area contributed by atoms with Crippen LogP contribution in [0.4, 0.5) is 11.5 Å². The minimum atomic E-state index is -0.641. The SMILES string of the molecule is [15NH2]C(=O)c1[nH]c(Br)nc1[15N]=Nc1ccc(Br)cc1. The van der Waals surface area contributed by atoms with Crippen molar-refractivity contribution in [1.82, 2.24) is 9.97 Å². The first-order valence-corrected chi connectivity index (χ1v) is 6.37. The average molecular weight is 375 g/mol. The summed E-state index contributed by atoms with van der Waals surface area (Å²) < 4.78 is 1.32. The number of carbonyl (C=O) groups is 1. The van der Waals surface area contributed by atoms with Crippen LogP contribution in [0.25, 0.3) is 0 Å². The Labute approximate surface area is 119 Å². The van der Waals surface area contributed by atoms with Crippen LogP contribution in [-0.2, 0) is 0 Å². The summed E-state index contributed by atoms with van der Waals surface area (Å²) in [6, 6.07) is 7.23. The van der Waals surface area contributed by atoms with E-state index in [9.17, 15) is 4.79 Å². The Morgan fingerprint density at radius 2 is 1.89 bits per heavy atom. The molecule has 1 heterocycles. The minimum absolute atomic E-state index is 0.114. The molecule has 6 nitrogen and oxygen atoms in total. The van der Waals surface area contributed by atoms with Gasteiger partial charge in [0.2, 0.25) is 5.82 Å². The zero-order valence-corrected chi connectivity index (χ0v) is 12.1. The number of halogens is 2. The van der Waals surface area contributed by atoms with Crippen molar-refractivity contribution >= 4 is 49.3 Å². The highest BCUT2D eigenvalue weighted by atomic mass is 79.9. The molecule has 0 aliphatic rings. The lowest BCUT2D eigenvalue weighted by molar-refractivity contribution is 0.0996. The van der Waals surface area contributed by atoms with Crippen molar-refractivity contribution in [2.24, 2.45) is 16.0 Å². The van der Waals surface area contributed by atoms with Crippen molar-refractivity contribution < 1.29 is 4.79 Å². The van der Waals surface area contributed by atoms with Crippen LogP contribution in [0.15, 0.2) is 43.7 Å². The summed E-state index contributed by atoms with van der Waals surface area (Å²) in [6.07, 6.45) is 0. The van der Waals surface area contributed by atoms with Gasteiger partial charge >= 0.3 is 0 Å². The highest BCUT2D eigenvalue weighted by Crippen LogP contribution is 2.23. The Morgan fingerprint density at radius 3 is 2.50 bits per heavy atom. The second kappa shape index (κ2) is 5.40. The van der Waals surface area contributed by atoms with E-state index in [0.717, 1.165) is 4.47 Å². The van der Waals surface area contributed by atoms with Crippen LogP contribution in [0, 0.1) is 0 Å². The molecule has 1 amide bonds. The molecule has 0 aliphatic carbocycles. The number of aromatic nitrogens is 2. The minimum Gasteiger partial charge on any atom is -0.364 e. The summed E-state index contributed by atoms with van der Waals surface area (Å²) in [6.45, 7) is 0. The van der Waals surface area contributed by atoms with Gasteiger partial charge in [-0.05, 0) is 40.2 Å². The van der Waals surface area contributed by atoms with E-state index in [1.54, 1.807) is 12.1 Å². The number of nitrogens with two attached hydrogens (primary N) is 1. The molecule has 3 N–H and O–H groups in total. The molecule has 0 fully saturated rings. The van der Waals surface area contributed by atoms with Crippen molar-refractivity contribution in [3.05, 3.63) is 39.2 Å². The van der Waals surface area contributed by atoms with Crippen LogP contribution < -0.4 is 5.73 Å². The average Bonchev–Trinajstić information content (AvgIpc) is 2.70. The second-order valence-corrected chi connectivity index (χ2v) is 4.93. The van der Waals surface area contributed by atoms with Crippen molar-refractivity contribution in [1.29, 1.82) is 0 Å². The summed E-state index contributed by atoms with van der Waals surface area (Å²) in [5, 5.41) is 7.85. The number of carbonyl (C=O) groups excluding carboxylic acids is 1. The van der Waals surface area contributed by atoms with Crippen LogP contribution in [0.5, 0.6) is 0 Å². The molecule has 18 heavy (non-hydrogen) atoms. The van der Waals surface area contributed by atoms with Gasteiger partial charge in [0.15, 0.2) is 10.4 Å². The molecule has 0 saturated carbocycles. The quantitative estimate of drug-likeness (QED) is 0.635. The van der Waals surface area contributed by atoms with E-state index in [1.807, 2.05) is 12.1 Å². The van der Waals surface area contributed by atoms with E-state index in [1.165, 1.54) is 0 Å². The Hall–Kier alpha value is -1.54. The van der Waals surface area contributed by atoms with Gasteiger partial charge in [-0.3, -0.25) is 4.79 Å². The Kier molecular flexibility index (Phi) is 3.87. The van der Waals surface area contributed by atoms with Crippen LogP contribution in [0.3, 0.4) is 0 Å². The van der Waals surface area contributed by atoms with Crippen LogP contribution in [0.1, 0.15) is 10.5 Å². The standard InChI is InChI=1S/C10H7Br2N5O/c11-5-1-3-6(4-2-5)16-17-9-7(8(13)18)14-10(12)15-9/h1-4H,(H2,13,18)(H,14,15)/i13+1,17+1. The number of azo groups is 1. The lowest BCUT2D eigenvalue weighted by atomic mass is 10.3. The molecule has 0 unspecified atom stereocenters. The van der Waals surface area contributed by atoms with E-state index in [-0.39, 0.29) is 11.5 Å². The summed E-state index contributed by atoms with van der Waals surface area (Å²) in [5.41, 5.74) is 5.94. The number of hydrogen-bond donors (Lipinski definition) is 2. The zero-order chi connectivity index (χ0) is 13.1. The Morgan fingerprint density at radius 1 is 1.22 bits per heavy atom. The van der Waals surface area contributed by atoms with Gasteiger partial charge in [-0.25, -0.2) is 4.98 Å². The fourth-order valence-corrected chi connectivity index (χ4v) is 1.82. The first-order valence-electron chi connectivity index (χ1n) is 4.79. The van der Waals surface area contributed by atoms with E-state index in [4.69, 9.17) is 5.73 Å². The molecule has 1 aromatic heterocycles. The number of H-pyrrole nitrogens is 1. The van der Waals surface area contributed by atoms with Crippen molar-refractivity contribution in [2.75, 3.05) is 0 Å². The number of primary amides is 1. The molecular formula is C10H7Br2N5O. The number of nitrogens with one attached hydrogen (secondary N) is 1. The topological polar surface area (TPSA) is 96.5 Å². The first-order chi connectivity index (χ1) is 8.56. The number of benzene rings is 1. The molecule has 0 saturated heterocycles. The molecule has 2 aromatic rings. The number of amides is 1. The molecule has 1 aromatic carbocycles. The third-order valence-electron chi connectivity index (χ3n) is 1.99. The monoisotopic (exact) mass is 373 g/mol. The molecule has 2 rings (SSSR count). The normalized spacial score (nSPS) is 11.0. The maximum atomic E-state index is 11.1. The number of aromatic amines is 1. The predicted octanol–water partition coefficient (Wildman–Crippen LogP) is 3.45. The van der Waals surface area contributed by atoms with Gasteiger partial charge in [-0.1, -0.05) is 15.9 Å². The van der Waals surface area contributed by atoms with Gasteiger partial charge in [0.1, 0.15) is 0 Å². The Balaban J connectivity index is 2.28. The fourth-order valence-electron chi connectivity index (χ4n) is 1.19. The molecule has 8 heteroatoms. The van der Waals surface area contributed by atoms with Crippen molar-refractivity contribution in [3.63, 3.8) is 0 Å². The van der Waals surface area contributed by atoms with E-state index < -0.39 is 5.91 Å². The maximum absolute atomic E-state index is 11.1. The summed E-state index contributed by atoms with van der Waals surface area (Å²) in [7, 11) is 0. The second-order valence-electron chi connectivity index (χ2n) is 3.27. The van der Waals surface area contributed by atoms with Crippen molar-refractivity contribution in [2.45, 2.75) is 0 Å². The molecular weight excluding hydrogens is 368 g/mol. The summed E-state index contributed by atoms with van der Waals surface area (Å²) in [4.78, 5) is 17.7. The molecule has 0 radical (unpaired) electrons. The van der Waals surface area contributed by atoms with Gasteiger partial charge < -0.3 is 10.7 Å². The molecule has 0 bridgehead atoms. The third-order valence-corrected chi connectivity index (χ3v) is 2.89. The van der Waals surface area contributed by atoms with Crippen LogP contribution in [-0.4, -0.2) is 15.9 Å². The highest BCUT2D eigenvalue weighted by molar-refractivity contribution is 9.10. The lowest BCUT2D eigenvalue weighted by Gasteiger charge is -1.93. The fraction of sp³-hybridized carbons (Fsp3) is 0. The number of imidazole rings is 1. The molecule has 92 valence electrons. The molecule has 0 spiro atoms. The van der Waals surface area contributed by atoms with E-state index in [0.29, 0.717) is 10.4 Å². The smallest absolute Gasteiger partial charge is 0.269 e. The molecule has 0 atom stereocenters. The van der Waals surface area contributed by atoms with E-state index in [2.05, 4.69) is 52.1 Å². The van der Waals surface area contributed by atoms with Gasteiger partial charge in [0, 0.05) is 4.47 Å². The van der Waals surface area contributed by atoms with Gasteiger partial charge in [-0.2, -0.15) is 0 Å². The van der Waals surface area contributed by atoms with Crippen LogP contribution in [0.2, 0.25) is 0 Å².